The lowest BCUT2D eigenvalue weighted by molar-refractivity contribution is 0.0478. The molecule has 0 aromatic heterocycles. The van der Waals surface area contributed by atoms with Gasteiger partial charge < -0.3 is 14.8 Å². The highest BCUT2D eigenvalue weighted by molar-refractivity contribution is 5.40. The minimum absolute atomic E-state index is 0.291. The molecule has 2 heterocycles. The van der Waals surface area contributed by atoms with Crippen LogP contribution in [0.15, 0.2) is 18.2 Å². The van der Waals surface area contributed by atoms with Gasteiger partial charge in [0.05, 0.1) is 18.8 Å². The number of aryl methyl sites for hydroxylation is 1. The predicted octanol–water partition coefficient (Wildman–Crippen LogP) is 3.33. The molecule has 21 heavy (non-hydrogen) atoms. The average molecular weight is 289 g/mol. The Morgan fingerprint density at radius 3 is 2.67 bits per heavy atom. The smallest absolute Gasteiger partial charge is 0.122 e. The molecule has 0 bridgehead atoms. The molecule has 5 atom stereocenters. The first kappa shape index (κ1) is 14.9. The van der Waals surface area contributed by atoms with Gasteiger partial charge in [-0.25, -0.2) is 0 Å². The second-order valence-electron chi connectivity index (χ2n) is 6.57. The Bertz CT molecular complexity index is 502. The van der Waals surface area contributed by atoms with E-state index in [1.165, 1.54) is 11.1 Å². The Hall–Kier alpha value is -1.06. The van der Waals surface area contributed by atoms with Crippen molar-refractivity contribution in [3.63, 3.8) is 0 Å². The Labute approximate surface area is 128 Å². The molecular weight excluding hydrogens is 262 g/mol. The summed E-state index contributed by atoms with van der Waals surface area (Å²) in [4.78, 5) is 0. The zero-order valence-electron chi connectivity index (χ0n) is 13.6. The molecule has 116 valence electrons. The van der Waals surface area contributed by atoms with Gasteiger partial charge in [0.15, 0.2) is 0 Å². The highest BCUT2D eigenvalue weighted by atomic mass is 16.5. The summed E-state index contributed by atoms with van der Waals surface area (Å²) in [5, 5.41) is 3.53. The van der Waals surface area contributed by atoms with Crippen molar-refractivity contribution in [3.05, 3.63) is 29.3 Å². The monoisotopic (exact) mass is 289 g/mol. The molecule has 2 aliphatic heterocycles. The van der Waals surface area contributed by atoms with Crippen LogP contribution >= 0.6 is 0 Å². The van der Waals surface area contributed by atoms with Crippen molar-refractivity contribution in [2.24, 2.45) is 11.8 Å². The summed E-state index contributed by atoms with van der Waals surface area (Å²) in [6.45, 7) is 7.56. The fourth-order valence-corrected chi connectivity index (χ4v) is 4.02. The third kappa shape index (κ3) is 2.69. The summed E-state index contributed by atoms with van der Waals surface area (Å²) in [5.41, 5.74) is 2.72. The van der Waals surface area contributed by atoms with Crippen LogP contribution in [0.3, 0.4) is 0 Å². The van der Waals surface area contributed by atoms with E-state index in [1.807, 2.05) is 0 Å². The highest BCUT2D eigenvalue weighted by Crippen LogP contribution is 2.41. The van der Waals surface area contributed by atoms with Crippen LogP contribution in [0.2, 0.25) is 0 Å². The van der Waals surface area contributed by atoms with Crippen LogP contribution in [0.4, 0.5) is 0 Å². The molecule has 1 saturated heterocycles. The van der Waals surface area contributed by atoms with Gasteiger partial charge in [-0.2, -0.15) is 0 Å². The lowest BCUT2D eigenvalue weighted by Crippen LogP contribution is -2.33. The van der Waals surface area contributed by atoms with E-state index >= 15 is 0 Å². The zero-order valence-corrected chi connectivity index (χ0v) is 13.6. The molecule has 5 unspecified atom stereocenters. The Morgan fingerprint density at radius 2 is 2.00 bits per heavy atom. The van der Waals surface area contributed by atoms with Crippen molar-refractivity contribution in [2.75, 3.05) is 13.7 Å². The van der Waals surface area contributed by atoms with Gasteiger partial charge in [0.25, 0.3) is 0 Å². The molecule has 1 aromatic rings. The summed E-state index contributed by atoms with van der Waals surface area (Å²) in [5.74, 6) is 2.13. The maximum Gasteiger partial charge on any atom is 0.122 e. The van der Waals surface area contributed by atoms with Crippen molar-refractivity contribution in [1.29, 1.82) is 0 Å². The van der Waals surface area contributed by atoms with Crippen molar-refractivity contribution in [1.82, 2.24) is 5.32 Å². The van der Waals surface area contributed by atoms with Crippen molar-refractivity contribution in [2.45, 2.75) is 51.9 Å². The van der Waals surface area contributed by atoms with Crippen LogP contribution in [0.25, 0.3) is 0 Å². The van der Waals surface area contributed by atoms with Gasteiger partial charge in [-0.3, -0.25) is 0 Å². The molecule has 1 aromatic carbocycles. The number of fused-ring (bicyclic) bond motifs is 1. The maximum atomic E-state index is 6.04. The lowest BCUT2D eigenvalue weighted by atomic mass is 9.80. The van der Waals surface area contributed by atoms with Crippen molar-refractivity contribution >= 4 is 0 Å². The fraction of sp³-hybridized carbons (Fsp3) is 0.667. The van der Waals surface area contributed by atoms with Crippen LogP contribution in [-0.4, -0.2) is 25.9 Å². The Morgan fingerprint density at radius 1 is 1.19 bits per heavy atom. The van der Waals surface area contributed by atoms with E-state index < -0.39 is 0 Å². The molecule has 0 amide bonds. The van der Waals surface area contributed by atoms with Crippen LogP contribution in [0.1, 0.15) is 44.4 Å². The second-order valence-corrected chi connectivity index (χ2v) is 6.57. The van der Waals surface area contributed by atoms with E-state index in [1.54, 1.807) is 0 Å². The highest BCUT2D eigenvalue weighted by Gasteiger charge is 2.41. The second kappa shape index (κ2) is 5.98. The van der Waals surface area contributed by atoms with E-state index in [9.17, 15) is 0 Å². The summed E-state index contributed by atoms with van der Waals surface area (Å²) >= 11 is 0. The first-order valence-electron chi connectivity index (χ1n) is 8.20. The Kier molecular flexibility index (Phi) is 4.23. The number of ether oxygens (including phenoxy) is 2. The van der Waals surface area contributed by atoms with Gasteiger partial charge in [0.2, 0.25) is 0 Å². The van der Waals surface area contributed by atoms with Gasteiger partial charge >= 0.3 is 0 Å². The average Bonchev–Trinajstić information content (AvgIpc) is 2.74. The quantitative estimate of drug-likeness (QED) is 0.926. The summed E-state index contributed by atoms with van der Waals surface area (Å²) in [6.07, 6.45) is 2.88. The third-order valence-corrected chi connectivity index (χ3v) is 5.31. The fourth-order valence-electron chi connectivity index (χ4n) is 4.02. The van der Waals surface area contributed by atoms with Gasteiger partial charge in [0.1, 0.15) is 5.75 Å². The zero-order chi connectivity index (χ0) is 15.0. The molecule has 3 heteroatoms. The minimum atomic E-state index is 0.291. The summed E-state index contributed by atoms with van der Waals surface area (Å²) in [7, 11) is 2.06. The van der Waals surface area contributed by atoms with E-state index in [-0.39, 0.29) is 0 Å². The SMILES string of the molecule is CNC(c1ccc2c(c1)CCCO2)C1C(C)OC(C)C1C. The van der Waals surface area contributed by atoms with E-state index in [0.29, 0.717) is 30.1 Å². The molecule has 3 rings (SSSR count). The molecule has 0 saturated carbocycles. The van der Waals surface area contributed by atoms with Crippen LogP contribution in [-0.2, 0) is 11.2 Å². The number of benzene rings is 1. The molecule has 3 nitrogen and oxygen atoms in total. The standard InChI is InChI=1S/C18H27NO2/c1-11-12(2)21-13(3)17(11)18(19-4)15-7-8-16-14(10-15)6-5-9-20-16/h7-8,10-13,17-19H,5-6,9H2,1-4H3. The normalized spacial score (nSPS) is 33.3. The lowest BCUT2D eigenvalue weighted by Gasteiger charge is -2.30. The predicted molar refractivity (Wildman–Crippen MR) is 84.7 cm³/mol. The topological polar surface area (TPSA) is 30.5 Å². The molecule has 1 N–H and O–H groups in total. The molecule has 0 spiro atoms. The maximum absolute atomic E-state index is 6.04. The number of hydrogen-bond donors (Lipinski definition) is 1. The van der Waals surface area contributed by atoms with Gasteiger partial charge in [-0.05, 0) is 56.8 Å². The molecule has 1 fully saturated rings. The van der Waals surface area contributed by atoms with Gasteiger partial charge in [-0.1, -0.05) is 19.1 Å². The summed E-state index contributed by atoms with van der Waals surface area (Å²) < 4.78 is 11.8. The van der Waals surface area contributed by atoms with E-state index in [0.717, 1.165) is 25.2 Å². The number of rotatable bonds is 3. The van der Waals surface area contributed by atoms with E-state index in [4.69, 9.17) is 9.47 Å². The Balaban J connectivity index is 1.89. The van der Waals surface area contributed by atoms with E-state index in [2.05, 4.69) is 51.3 Å². The largest absolute Gasteiger partial charge is 0.493 e. The molecule has 0 radical (unpaired) electrons. The number of hydrogen-bond acceptors (Lipinski definition) is 3. The molecule has 2 aliphatic rings. The van der Waals surface area contributed by atoms with Gasteiger partial charge in [-0.15, -0.1) is 0 Å². The van der Waals surface area contributed by atoms with Crippen LogP contribution in [0, 0.1) is 11.8 Å². The minimum Gasteiger partial charge on any atom is -0.493 e. The first-order valence-corrected chi connectivity index (χ1v) is 8.20. The third-order valence-electron chi connectivity index (χ3n) is 5.31. The first-order chi connectivity index (χ1) is 10.1. The number of nitrogens with one attached hydrogen (secondary N) is 1. The van der Waals surface area contributed by atoms with Crippen molar-refractivity contribution < 1.29 is 9.47 Å². The molecular formula is C18H27NO2. The van der Waals surface area contributed by atoms with Crippen molar-refractivity contribution in [3.8, 4) is 5.75 Å². The molecule has 0 aliphatic carbocycles. The summed E-state index contributed by atoms with van der Waals surface area (Å²) in [6, 6.07) is 7.03. The van der Waals surface area contributed by atoms with Crippen LogP contribution < -0.4 is 10.1 Å². The van der Waals surface area contributed by atoms with Crippen LogP contribution in [0.5, 0.6) is 5.75 Å². The van der Waals surface area contributed by atoms with Gasteiger partial charge in [0, 0.05) is 12.0 Å².